The van der Waals surface area contributed by atoms with Crippen LogP contribution in [0.5, 0.6) is 0 Å². The summed E-state index contributed by atoms with van der Waals surface area (Å²) in [6.45, 7) is 1.89. The van der Waals surface area contributed by atoms with Gasteiger partial charge in [-0.15, -0.1) is 11.3 Å². The number of nitrogens with zero attached hydrogens (tertiary/aromatic N) is 3. The first-order valence-electron chi connectivity index (χ1n) is 4.58. The van der Waals surface area contributed by atoms with Crippen molar-refractivity contribution in [3.63, 3.8) is 0 Å². The Hall–Kier alpha value is -1.49. The molecule has 4 nitrogen and oxygen atoms in total. The van der Waals surface area contributed by atoms with Crippen molar-refractivity contribution in [2.24, 2.45) is 7.05 Å². The summed E-state index contributed by atoms with van der Waals surface area (Å²) in [5, 5.41) is 6.77. The van der Waals surface area contributed by atoms with Gasteiger partial charge >= 0.3 is 0 Å². The molecule has 0 saturated heterocycles. The minimum absolute atomic E-state index is 0.0792. The van der Waals surface area contributed by atoms with Crippen LogP contribution in [0.1, 0.15) is 21.1 Å². The monoisotopic (exact) mass is 221 g/mol. The summed E-state index contributed by atoms with van der Waals surface area (Å²) in [5.41, 5.74) is 1.59. The molecule has 0 unspecified atom stereocenters. The van der Waals surface area contributed by atoms with Crippen LogP contribution in [-0.2, 0) is 13.5 Å². The summed E-state index contributed by atoms with van der Waals surface area (Å²) < 4.78 is 1.70. The number of thiazole rings is 1. The van der Waals surface area contributed by atoms with Crippen molar-refractivity contribution >= 4 is 17.1 Å². The number of ketones is 1. The van der Waals surface area contributed by atoms with Gasteiger partial charge in [0.15, 0.2) is 5.78 Å². The van der Waals surface area contributed by atoms with E-state index in [2.05, 4.69) is 10.1 Å². The van der Waals surface area contributed by atoms with Crippen LogP contribution in [0.3, 0.4) is 0 Å². The van der Waals surface area contributed by atoms with Crippen LogP contribution >= 0.6 is 11.3 Å². The zero-order valence-corrected chi connectivity index (χ0v) is 9.41. The number of carbonyl (C=O) groups is 1. The first-order valence-corrected chi connectivity index (χ1v) is 5.46. The Morgan fingerprint density at radius 2 is 2.40 bits per heavy atom. The summed E-state index contributed by atoms with van der Waals surface area (Å²) >= 11 is 1.50. The van der Waals surface area contributed by atoms with Gasteiger partial charge in [0.1, 0.15) is 5.01 Å². The Morgan fingerprint density at radius 3 is 2.93 bits per heavy atom. The molecule has 0 amide bonds. The normalized spacial score (nSPS) is 10.5. The largest absolute Gasteiger partial charge is 0.294 e. The van der Waals surface area contributed by atoms with E-state index in [1.165, 1.54) is 11.3 Å². The SMILES string of the molecule is Cc1c(C(=O)Cc2nccs2)cnn1C. The molecule has 0 aliphatic carbocycles. The molecule has 78 valence electrons. The lowest BCUT2D eigenvalue weighted by Gasteiger charge is -1.97. The van der Waals surface area contributed by atoms with Crippen LogP contribution in [0.4, 0.5) is 0 Å². The van der Waals surface area contributed by atoms with Gasteiger partial charge in [0.2, 0.25) is 0 Å². The highest BCUT2D eigenvalue weighted by Gasteiger charge is 2.14. The molecule has 0 fully saturated rings. The van der Waals surface area contributed by atoms with Crippen LogP contribution in [0, 0.1) is 6.92 Å². The minimum Gasteiger partial charge on any atom is -0.294 e. The highest BCUT2D eigenvalue weighted by atomic mass is 32.1. The fourth-order valence-electron chi connectivity index (χ4n) is 1.35. The number of carbonyl (C=O) groups excluding carboxylic acids is 1. The van der Waals surface area contributed by atoms with Gasteiger partial charge in [-0.05, 0) is 6.92 Å². The van der Waals surface area contributed by atoms with Gasteiger partial charge in [0, 0.05) is 24.3 Å². The molecule has 0 atom stereocenters. The Balaban J connectivity index is 2.19. The highest BCUT2D eigenvalue weighted by molar-refractivity contribution is 7.09. The van der Waals surface area contributed by atoms with E-state index >= 15 is 0 Å². The van der Waals surface area contributed by atoms with Gasteiger partial charge < -0.3 is 0 Å². The number of rotatable bonds is 3. The molecule has 0 saturated carbocycles. The standard InChI is InChI=1S/C10H11N3OS/c1-7-8(6-12-13(7)2)9(14)5-10-11-3-4-15-10/h3-4,6H,5H2,1-2H3. The molecule has 2 aromatic rings. The van der Waals surface area contributed by atoms with Crippen molar-refractivity contribution in [3.05, 3.63) is 34.0 Å². The van der Waals surface area contributed by atoms with Crippen molar-refractivity contribution in [1.29, 1.82) is 0 Å². The summed E-state index contributed by atoms with van der Waals surface area (Å²) in [5.74, 6) is 0.0792. The molecule has 0 spiro atoms. The van der Waals surface area contributed by atoms with E-state index in [1.54, 1.807) is 17.1 Å². The van der Waals surface area contributed by atoms with Crippen LogP contribution in [0.25, 0.3) is 0 Å². The maximum Gasteiger partial charge on any atom is 0.173 e. The second-order valence-corrected chi connectivity index (χ2v) is 4.27. The zero-order chi connectivity index (χ0) is 10.8. The molecule has 2 aromatic heterocycles. The van der Waals surface area contributed by atoms with E-state index in [4.69, 9.17) is 0 Å². The second kappa shape index (κ2) is 3.94. The van der Waals surface area contributed by atoms with Crippen molar-refractivity contribution in [2.45, 2.75) is 13.3 Å². The zero-order valence-electron chi connectivity index (χ0n) is 8.60. The molecule has 0 aromatic carbocycles. The van der Waals surface area contributed by atoms with Crippen molar-refractivity contribution in [2.75, 3.05) is 0 Å². The van der Waals surface area contributed by atoms with Crippen molar-refractivity contribution in [3.8, 4) is 0 Å². The lowest BCUT2D eigenvalue weighted by Crippen LogP contribution is -2.05. The molecule has 0 bridgehead atoms. The van der Waals surface area contributed by atoms with Gasteiger partial charge in [-0.2, -0.15) is 5.10 Å². The lowest BCUT2D eigenvalue weighted by molar-refractivity contribution is 0.0992. The Kier molecular flexibility index (Phi) is 2.64. The Morgan fingerprint density at radius 1 is 1.60 bits per heavy atom. The molecule has 0 N–H and O–H groups in total. The average Bonchev–Trinajstić information content (AvgIpc) is 2.79. The van der Waals surface area contributed by atoms with Gasteiger partial charge in [0.25, 0.3) is 0 Å². The second-order valence-electron chi connectivity index (χ2n) is 3.29. The summed E-state index contributed by atoms with van der Waals surface area (Å²) in [4.78, 5) is 15.9. The van der Waals surface area contributed by atoms with Gasteiger partial charge in [0.05, 0.1) is 18.2 Å². The molecule has 2 heterocycles. The predicted molar refractivity (Wildman–Crippen MR) is 58.1 cm³/mol. The molecule has 5 heteroatoms. The van der Waals surface area contributed by atoms with Gasteiger partial charge in [-0.25, -0.2) is 4.98 Å². The molecule has 0 aliphatic rings. The fraction of sp³-hybridized carbons (Fsp3) is 0.300. The molecule has 2 rings (SSSR count). The number of Topliss-reactive ketones (excluding diaryl/α,β-unsaturated/α-hetero) is 1. The van der Waals surface area contributed by atoms with Crippen molar-refractivity contribution < 1.29 is 4.79 Å². The van der Waals surface area contributed by atoms with Gasteiger partial charge in [-0.3, -0.25) is 9.48 Å². The van der Waals surface area contributed by atoms with Crippen LogP contribution in [-0.4, -0.2) is 20.5 Å². The third-order valence-corrected chi connectivity index (χ3v) is 3.11. The van der Waals surface area contributed by atoms with E-state index in [1.807, 2.05) is 19.4 Å². The average molecular weight is 221 g/mol. The van der Waals surface area contributed by atoms with E-state index in [-0.39, 0.29) is 5.78 Å². The summed E-state index contributed by atoms with van der Waals surface area (Å²) in [6.07, 6.45) is 3.69. The molecule has 0 radical (unpaired) electrons. The van der Waals surface area contributed by atoms with E-state index in [9.17, 15) is 4.79 Å². The summed E-state index contributed by atoms with van der Waals surface area (Å²) in [6, 6.07) is 0. The Labute approximate surface area is 91.6 Å². The maximum absolute atomic E-state index is 11.9. The highest BCUT2D eigenvalue weighted by Crippen LogP contribution is 2.12. The smallest absolute Gasteiger partial charge is 0.173 e. The summed E-state index contributed by atoms with van der Waals surface area (Å²) in [7, 11) is 1.83. The molecular weight excluding hydrogens is 210 g/mol. The molecule has 0 aliphatic heterocycles. The number of aryl methyl sites for hydroxylation is 1. The van der Waals surface area contributed by atoms with Crippen molar-refractivity contribution in [1.82, 2.24) is 14.8 Å². The minimum atomic E-state index is 0.0792. The first-order chi connectivity index (χ1) is 7.18. The van der Waals surface area contributed by atoms with E-state index < -0.39 is 0 Å². The molecular formula is C10H11N3OS. The quantitative estimate of drug-likeness (QED) is 0.740. The van der Waals surface area contributed by atoms with Crippen LogP contribution in [0.2, 0.25) is 0 Å². The van der Waals surface area contributed by atoms with Gasteiger partial charge in [-0.1, -0.05) is 0 Å². The van der Waals surface area contributed by atoms with E-state index in [0.717, 1.165) is 10.7 Å². The Bertz CT molecular complexity index is 473. The van der Waals surface area contributed by atoms with Crippen LogP contribution < -0.4 is 0 Å². The predicted octanol–water partition coefficient (Wildman–Crippen LogP) is 1.61. The number of hydrogen-bond donors (Lipinski definition) is 0. The third-order valence-electron chi connectivity index (χ3n) is 2.33. The number of hydrogen-bond acceptors (Lipinski definition) is 4. The lowest BCUT2D eigenvalue weighted by atomic mass is 10.1. The van der Waals surface area contributed by atoms with Crippen LogP contribution in [0.15, 0.2) is 17.8 Å². The maximum atomic E-state index is 11.9. The molecule has 15 heavy (non-hydrogen) atoms. The fourth-order valence-corrected chi connectivity index (χ4v) is 1.96. The first kappa shape index (κ1) is 10.0. The third kappa shape index (κ3) is 1.97. The topological polar surface area (TPSA) is 47.8 Å². The van der Waals surface area contributed by atoms with E-state index in [0.29, 0.717) is 12.0 Å². The number of aromatic nitrogens is 3.